The van der Waals surface area contributed by atoms with Crippen LogP contribution in [-0.2, 0) is 6.54 Å². The third-order valence-electron chi connectivity index (χ3n) is 4.72. The number of aliphatic hydroxyl groups is 1. The molecule has 0 radical (unpaired) electrons. The summed E-state index contributed by atoms with van der Waals surface area (Å²) in [4.78, 5) is 29.4. The Morgan fingerprint density at radius 3 is 2.74 bits per heavy atom. The van der Waals surface area contributed by atoms with Gasteiger partial charge in [-0.2, -0.15) is 0 Å². The van der Waals surface area contributed by atoms with Crippen molar-refractivity contribution in [3.63, 3.8) is 0 Å². The van der Waals surface area contributed by atoms with Crippen molar-refractivity contribution in [3.8, 4) is 16.2 Å². The van der Waals surface area contributed by atoms with Gasteiger partial charge in [0.15, 0.2) is 5.78 Å². The zero-order valence-electron chi connectivity index (χ0n) is 16.6. The molecule has 0 bridgehead atoms. The normalized spacial score (nSPS) is 12.1. The number of fused-ring (bicyclic) bond motifs is 1. The van der Waals surface area contributed by atoms with E-state index in [-0.39, 0.29) is 30.3 Å². The minimum absolute atomic E-state index is 0.0119. The van der Waals surface area contributed by atoms with Crippen molar-refractivity contribution in [3.05, 3.63) is 82.7 Å². The molecule has 8 heteroatoms. The molecule has 0 aliphatic carbocycles. The molecule has 0 amide bonds. The predicted octanol–water partition coefficient (Wildman–Crippen LogP) is 3.91. The molecule has 2 heterocycles. The Bertz CT molecular complexity index is 1300. The van der Waals surface area contributed by atoms with E-state index in [0.717, 1.165) is 10.4 Å². The summed E-state index contributed by atoms with van der Waals surface area (Å²) in [7, 11) is 0. The van der Waals surface area contributed by atoms with Gasteiger partial charge >= 0.3 is 0 Å². The summed E-state index contributed by atoms with van der Waals surface area (Å²) in [5, 5.41) is 10.3. The molecule has 2 aromatic carbocycles. The molecule has 0 aliphatic heterocycles. The number of hydrogen-bond acceptors (Lipinski definition) is 6. The van der Waals surface area contributed by atoms with Crippen LogP contribution in [0.15, 0.2) is 65.7 Å². The first-order chi connectivity index (χ1) is 14.9. The fourth-order valence-electron chi connectivity index (χ4n) is 3.11. The second kappa shape index (κ2) is 8.79. The zero-order chi connectivity index (χ0) is 22.0. The van der Waals surface area contributed by atoms with Crippen molar-refractivity contribution >= 4 is 27.3 Å². The van der Waals surface area contributed by atoms with Gasteiger partial charge in [0, 0.05) is 10.4 Å². The molecule has 0 saturated heterocycles. The number of benzene rings is 2. The molecule has 1 atom stereocenters. The smallest absolute Gasteiger partial charge is 0.271 e. The highest BCUT2D eigenvalue weighted by molar-refractivity contribution is 7.22. The van der Waals surface area contributed by atoms with E-state index in [2.05, 4.69) is 4.98 Å². The van der Waals surface area contributed by atoms with Crippen LogP contribution in [0.2, 0.25) is 0 Å². The fraction of sp³-hybridized carbons (Fsp3) is 0.174. The lowest BCUT2D eigenvalue weighted by Crippen LogP contribution is -2.30. The first kappa shape index (κ1) is 20.9. The molecule has 0 unspecified atom stereocenters. The van der Waals surface area contributed by atoms with Gasteiger partial charge in [0.05, 0.1) is 18.4 Å². The highest BCUT2D eigenvalue weighted by Gasteiger charge is 2.14. The average Bonchev–Trinajstić information content (AvgIpc) is 3.20. The van der Waals surface area contributed by atoms with Crippen LogP contribution in [0.5, 0.6) is 5.75 Å². The topological polar surface area (TPSA) is 81.4 Å². The maximum atomic E-state index is 13.2. The Kier molecular flexibility index (Phi) is 5.92. The Labute approximate surface area is 181 Å². The summed E-state index contributed by atoms with van der Waals surface area (Å²) in [6, 6.07) is 14.5. The molecular weight excluding hydrogens is 419 g/mol. The number of halogens is 1. The minimum atomic E-state index is -0.950. The number of ether oxygens (including phenoxy) is 1. The zero-order valence-corrected chi connectivity index (χ0v) is 17.4. The van der Waals surface area contributed by atoms with E-state index in [1.807, 2.05) is 0 Å². The number of aromatic nitrogens is 2. The van der Waals surface area contributed by atoms with Crippen molar-refractivity contribution in [2.75, 3.05) is 6.61 Å². The van der Waals surface area contributed by atoms with Gasteiger partial charge in [-0.15, -0.1) is 11.3 Å². The molecule has 31 heavy (non-hydrogen) atoms. The third-order valence-corrected chi connectivity index (χ3v) is 5.88. The molecule has 0 spiro atoms. The summed E-state index contributed by atoms with van der Waals surface area (Å²) in [5.74, 6) is 0.0670. The third kappa shape index (κ3) is 4.70. The van der Waals surface area contributed by atoms with Gasteiger partial charge in [0.25, 0.3) is 5.56 Å². The van der Waals surface area contributed by atoms with Gasteiger partial charge in [-0.05, 0) is 42.8 Å². The van der Waals surface area contributed by atoms with Crippen LogP contribution in [0.3, 0.4) is 0 Å². The van der Waals surface area contributed by atoms with Gasteiger partial charge in [-0.3, -0.25) is 14.2 Å². The van der Waals surface area contributed by atoms with E-state index in [4.69, 9.17) is 4.74 Å². The Morgan fingerprint density at radius 2 is 2.00 bits per heavy atom. The summed E-state index contributed by atoms with van der Waals surface area (Å²) in [6.45, 7) is 1.44. The van der Waals surface area contributed by atoms with Crippen LogP contribution in [0.1, 0.15) is 17.3 Å². The van der Waals surface area contributed by atoms with Crippen LogP contribution in [-0.4, -0.2) is 33.2 Å². The number of hydrogen-bond donors (Lipinski definition) is 1. The lowest BCUT2D eigenvalue weighted by Gasteiger charge is -2.14. The van der Waals surface area contributed by atoms with Gasteiger partial charge in [0.1, 0.15) is 29.0 Å². The standard InChI is InChI=1S/C23H19FN2O4S/c1-14(27)16-3-2-4-19(9-16)30-12-18(28)11-26-13-25-20-10-21(31-22(20)23(26)29)15-5-7-17(24)8-6-15/h2-10,13,18,28H,11-12H2,1H3/t18-/m0/s1. The van der Waals surface area contributed by atoms with Crippen LogP contribution in [0, 0.1) is 5.82 Å². The molecule has 2 aromatic heterocycles. The summed E-state index contributed by atoms with van der Waals surface area (Å²) < 4.78 is 20.5. The van der Waals surface area contributed by atoms with Crippen LogP contribution in [0.25, 0.3) is 20.7 Å². The fourth-order valence-corrected chi connectivity index (χ4v) is 4.17. The number of thiophene rings is 1. The first-order valence-electron chi connectivity index (χ1n) is 9.57. The second-order valence-corrected chi connectivity index (χ2v) is 8.14. The second-order valence-electron chi connectivity index (χ2n) is 7.08. The van der Waals surface area contributed by atoms with Crippen molar-refractivity contribution in [1.82, 2.24) is 9.55 Å². The lowest BCUT2D eigenvalue weighted by molar-refractivity contribution is 0.0913. The van der Waals surface area contributed by atoms with E-state index in [1.54, 1.807) is 42.5 Å². The van der Waals surface area contributed by atoms with Gasteiger partial charge in [-0.25, -0.2) is 9.37 Å². The number of rotatable bonds is 7. The maximum absolute atomic E-state index is 13.2. The number of nitrogens with zero attached hydrogens (tertiary/aromatic N) is 2. The monoisotopic (exact) mass is 438 g/mol. The molecule has 4 aromatic rings. The molecular formula is C23H19FN2O4S. The number of Topliss-reactive ketones (excluding diaryl/α,β-unsaturated/α-hetero) is 1. The predicted molar refractivity (Wildman–Crippen MR) is 117 cm³/mol. The molecule has 0 fully saturated rings. The summed E-state index contributed by atoms with van der Waals surface area (Å²) in [6.07, 6.45) is 0.445. The van der Waals surface area contributed by atoms with Crippen molar-refractivity contribution in [1.29, 1.82) is 0 Å². The van der Waals surface area contributed by atoms with Crippen molar-refractivity contribution in [2.45, 2.75) is 19.6 Å². The Morgan fingerprint density at radius 1 is 1.23 bits per heavy atom. The van der Waals surface area contributed by atoms with Gasteiger partial charge in [0.2, 0.25) is 0 Å². The minimum Gasteiger partial charge on any atom is -0.491 e. The number of ketones is 1. The number of aliphatic hydroxyl groups excluding tert-OH is 1. The van der Waals surface area contributed by atoms with E-state index in [9.17, 15) is 19.1 Å². The van der Waals surface area contributed by atoms with E-state index in [0.29, 0.717) is 21.5 Å². The van der Waals surface area contributed by atoms with Crippen molar-refractivity contribution < 1.29 is 19.0 Å². The van der Waals surface area contributed by atoms with E-state index >= 15 is 0 Å². The van der Waals surface area contributed by atoms with E-state index < -0.39 is 6.10 Å². The largest absolute Gasteiger partial charge is 0.491 e. The maximum Gasteiger partial charge on any atom is 0.271 e. The highest BCUT2D eigenvalue weighted by Crippen LogP contribution is 2.30. The van der Waals surface area contributed by atoms with Crippen LogP contribution in [0.4, 0.5) is 4.39 Å². The first-order valence-corrected chi connectivity index (χ1v) is 10.4. The summed E-state index contributed by atoms with van der Waals surface area (Å²) in [5.41, 5.74) is 1.61. The Hall–Kier alpha value is -3.36. The molecule has 158 valence electrons. The SMILES string of the molecule is CC(=O)c1cccc(OC[C@@H](O)Cn2cnc3cc(-c4ccc(F)cc4)sc3c2=O)c1. The average molecular weight is 438 g/mol. The van der Waals surface area contributed by atoms with E-state index in [1.165, 1.54) is 41.3 Å². The molecule has 1 N–H and O–H groups in total. The molecule has 6 nitrogen and oxygen atoms in total. The lowest BCUT2D eigenvalue weighted by atomic mass is 10.1. The Balaban J connectivity index is 1.48. The van der Waals surface area contributed by atoms with Gasteiger partial charge in [-0.1, -0.05) is 24.3 Å². The number of carbonyl (C=O) groups excluding carboxylic acids is 1. The highest BCUT2D eigenvalue weighted by atomic mass is 32.1. The van der Waals surface area contributed by atoms with Crippen molar-refractivity contribution in [2.24, 2.45) is 0 Å². The molecule has 0 aliphatic rings. The quantitative estimate of drug-likeness (QED) is 0.443. The van der Waals surface area contributed by atoms with Crippen LogP contribution >= 0.6 is 11.3 Å². The molecule has 4 rings (SSSR count). The van der Waals surface area contributed by atoms with Crippen LogP contribution < -0.4 is 10.3 Å². The summed E-state index contributed by atoms with van der Waals surface area (Å²) >= 11 is 1.28. The molecule has 0 saturated carbocycles. The number of carbonyl (C=O) groups is 1. The van der Waals surface area contributed by atoms with Gasteiger partial charge < -0.3 is 9.84 Å².